The number of carbonyl (C=O) groups excluding carboxylic acids is 1. The quantitative estimate of drug-likeness (QED) is 0.820. The number of hydrogen-bond donors (Lipinski definition) is 2. The lowest BCUT2D eigenvalue weighted by Crippen LogP contribution is -2.14. The molecule has 1 amide bonds. The minimum atomic E-state index is -0.403. The maximum absolute atomic E-state index is 12.7. The molecule has 2 rings (SSSR count). The zero-order chi connectivity index (χ0) is 14.4. The molecule has 1 aromatic carbocycles. The summed E-state index contributed by atoms with van der Waals surface area (Å²) < 4.78 is 12.7. The van der Waals surface area contributed by atoms with Gasteiger partial charge in [-0.05, 0) is 36.4 Å². The highest BCUT2D eigenvalue weighted by Crippen LogP contribution is 2.10. The summed E-state index contributed by atoms with van der Waals surface area (Å²) in [6.45, 7) is 4.14. The van der Waals surface area contributed by atoms with Gasteiger partial charge in [0.05, 0.1) is 0 Å². The first kappa shape index (κ1) is 13.7. The first-order valence-electron chi connectivity index (χ1n) is 5.94. The number of rotatable bonds is 5. The Bertz CT molecular complexity index is 596. The maximum atomic E-state index is 12.7. The molecule has 20 heavy (non-hydrogen) atoms. The molecular formula is C14H13FN4O. The first-order chi connectivity index (χ1) is 9.69. The van der Waals surface area contributed by atoms with Gasteiger partial charge in [0.2, 0.25) is 0 Å². The Morgan fingerprint density at radius 3 is 2.55 bits per heavy atom. The number of amides is 1. The molecule has 0 bridgehead atoms. The Morgan fingerprint density at radius 1 is 1.20 bits per heavy atom. The summed E-state index contributed by atoms with van der Waals surface area (Å²) in [5.41, 5.74) is 0.672. The largest absolute Gasteiger partial charge is 0.365 e. The van der Waals surface area contributed by atoms with Crippen molar-refractivity contribution in [3.8, 4) is 0 Å². The molecule has 5 nitrogen and oxygen atoms in total. The molecule has 0 spiro atoms. The minimum Gasteiger partial charge on any atom is -0.365 e. The van der Waals surface area contributed by atoms with Crippen LogP contribution in [0.5, 0.6) is 0 Å². The number of nitrogens with one attached hydrogen (secondary N) is 2. The number of halogens is 1. The van der Waals surface area contributed by atoms with E-state index in [0.29, 0.717) is 18.1 Å². The predicted octanol–water partition coefficient (Wildman–Crippen LogP) is 2.47. The molecule has 1 heterocycles. The molecule has 0 aliphatic rings. The third-order valence-corrected chi connectivity index (χ3v) is 2.43. The molecule has 6 heteroatoms. The van der Waals surface area contributed by atoms with Gasteiger partial charge in [0, 0.05) is 12.2 Å². The van der Waals surface area contributed by atoms with Crippen LogP contribution in [0.4, 0.5) is 15.9 Å². The van der Waals surface area contributed by atoms with Crippen molar-refractivity contribution in [3.63, 3.8) is 0 Å². The van der Waals surface area contributed by atoms with E-state index in [-0.39, 0.29) is 11.5 Å². The summed E-state index contributed by atoms with van der Waals surface area (Å²) in [5, 5.41) is 13.2. The molecule has 0 atom stereocenters. The van der Waals surface area contributed by atoms with Gasteiger partial charge in [-0.25, -0.2) is 4.39 Å². The molecule has 0 saturated carbocycles. The lowest BCUT2D eigenvalue weighted by molar-refractivity contribution is 0.102. The Hall–Kier alpha value is -2.76. The van der Waals surface area contributed by atoms with Crippen molar-refractivity contribution < 1.29 is 9.18 Å². The van der Waals surface area contributed by atoms with Crippen LogP contribution in [0.2, 0.25) is 0 Å². The van der Waals surface area contributed by atoms with E-state index in [1.54, 1.807) is 18.2 Å². The molecule has 0 saturated heterocycles. The van der Waals surface area contributed by atoms with Gasteiger partial charge in [-0.15, -0.1) is 16.8 Å². The van der Waals surface area contributed by atoms with Crippen LogP contribution in [0.25, 0.3) is 0 Å². The maximum Gasteiger partial charge on any atom is 0.276 e. The van der Waals surface area contributed by atoms with Crippen molar-refractivity contribution in [1.29, 1.82) is 0 Å². The Labute approximate surface area is 115 Å². The van der Waals surface area contributed by atoms with Crippen molar-refractivity contribution in [2.75, 3.05) is 17.2 Å². The fraction of sp³-hybridized carbons (Fsp3) is 0.0714. The molecule has 2 N–H and O–H groups in total. The molecular weight excluding hydrogens is 259 g/mol. The third-order valence-electron chi connectivity index (χ3n) is 2.43. The van der Waals surface area contributed by atoms with Gasteiger partial charge in [-0.3, -0.25) is 4.79 Å². The summed E-state index contributed by atoms with van der Waals surface area (Å²) in [5.74, 6) is -0.206. The number of hydrogen-bond acceptors (Lipinski definition) is 4. The van der Waals surface area contributed by atoms with Crippen LogP contribution in [0.1, 0.15) is 10.5 Å². The molecule has 0 fully saturated rings. The number of aromatic nitrogens is 2. The lowest BCUT2D eigenvalue weighted by atomic mass is 10.3. The average molecular weight is 272 g/mol. The van der Waals surface area contributed by atoms with Gasteiger partial charge in [-0.2, -0.15) is 0 Å². The van der Waals surface area contributed by atoms with E-state index in [1.165, 1.54) is 24.3 Å². The van der Waals surface area contributed by atoms with Crippen LogP contribution >= 0.6 is 0 Å². The second-order valence-electron chi connectivity index (χ2n) is 3.93. The van der Waals surface area contributed by atoms with E-state index < -0.39 is 5.91 Å². The smallest absolute Gasteiger partial charge is 0.276 e. The van der Waals surface area contributed by atoms with E-state index in [4.69, 9.17) is 0 Å². The molecule has 0 radical (unpaired) electrons. The van der Waals surface area contributed by atoms with Crippen LogP contribution in [0, 0.1) is 5.82 Å². The van der Waals surface area contributed by atoms with Gasteiger partial charge in [-0.1, -0.05) is 6.08 Å². The van der Waals surface area contributed by atoms with Crippen molar-refractivity contribution in [2.24, 2.45) is 0 Å². The van der Waals surface area contributed by atoms with E-state index in [9.17, 15) is 9.18 Å². The van der Waals surface area contributed by atoms with Gasteiger partial charge in [0.1, 0.15) is 11.6 Å². The topological polar surface area (TPSA) is 66.9 Å². The van der Waals surface area contributed by atoms with Crippen LogP contribution in [-0.4, -0.2) is 22.6 Å². The summed E-state index contributed by atoms with van der Waals surface area (Å²) >= 11 is 0. The SMILES string of the molecule is C=CCNc1ccc(C(=O)Nc2ccc(F)cc2)nn1. The summed E-state index contributed by atoms with van der Waals surface area (Å²) in [7, 11) is 0. The minimum absolute atomic E-state index is 0.179. The summed E-state index contributed by atoms with van der Waals surface area (Å²) in [6.07, 6.45) is 1.69. The van der Waals surface area contributed by atoms with E-state index >= 15 is 0 Å². The molecule has 102 valence electrons. The van der Waals surface area contributed by atoms with Crippen molar-refractivity contribution >= 4 is 17.4 Å². The van der Waals surface area contributed by atoms with Gasteiger partial charge < -0.3 is 10.6 Å². The highest BCUT2D eigenvalue weighted by molar-refractivity contribution is 6.02. The summed E-state index contributed by atoms with van der Waals surface area (Å²) in [4.78, 5) is 11.9. The summed E-state index contributed by atoms with van der Waals surface area (Å²) in [6, 6.07) is 8.68. The van der Waals surface area contributed by atoms with Gasteiger partial charge in [0.25, 0.3) is 5.91 Å². The lowest BCUT2D eigenvalue weighted by Gasteiger charge is -2.05. The van der Waals surface area contributed by atoms with Gasteiger partial charge in [0.15, 0.2) is 5.69 Å². The molecule has 0 unspecified atom stereocenters. The second-order valence-corrected chi connectivity index (χ2v) is 3.93. The fourth-order valence-corrected chi connectivity index (χ4v) is 1.45. The van der Waals surface area contributed by atoms with Gasteiger partial charge >= 0.3 is 0 Å². The van der Waals surface area contributed by atoms with Crippen molar-refractivity contribution in [3.05, 3.63) is 60.6 Å². The standard InChI is InChI=1S/C14H13FN4O/c1-2-9-16-13-8-7-12(18-19-13)14(20)17-11-5-3-10(15)4-6-11/h2-8H,1,9H2,(H,16,19)(H,17,20). The molecule has 2 aromatic rings. The number of nitrogens with zero attached hydrogens (tertiary/aromatic N) is 2. The highest BCUT2D eigenvalue weighted by Gasteiger charge is 2.08. The van der Waals surface area contributed by atoms with E-state index in [0.717, 1.165) is 0 Å². The van der Waals surface area contributed by atoms with Crippen molar-refractivity contribution in [2.45, 2.75) is 0 Å². The zero-order valence-electron chi connectivity index (χ0n) is 10.6. The fourth-order valence-electron chi connectivity index (χ4n) is 1.45. The van der Waals surface area contributed by atoms with Crippen LogP contribution < -0.4 is 10.6 Å². The highest BCUT2D eigenvalue weighted by atomic mass is 19.1. The Kier molecular flexibility index (Phi) is 4.39. The second kappa shape index (κ2) is 6.42. The van der Waals surface area contributed by atoms with Crippen LogP contribution in [0.3, 0.4) is 0 Å². The number of anilines is 2. The normalized spacial score (nSPS) is 9.85. The number of benzene rings is 1. The predicted molar refractivity (Wildman–Crippen MR) is 75.1 cm³/mol. The van der Waals surface area contributed by atoms with Crippen molar-refractivity contribution in [1.82, 2.24) is 10.2 Å². The zero-order valence-corrected chi connectivity index (χ0v) is 10.6. The monoisotopic (exact) mass is 272 g/mol. The van der Waals surface area contributed by atoms with Crippen LogP contribution in [0.15, 0.2) is 49.1 Å². The number of carbonyl (C=O) groups is 1. The first-order valence-corrected chi connectivity index (χ1v) is 5.94. The Morgan fingerprint density at radius 2 is 1.95 bits per heavy atom. The van der Waals surface area contributed by atoms with E-state index in [1.807, 2.05) is 0 Å². The van der Waals surface area contributed by atoms with Crippen LogP contribution in [-0.2, 0) is 0 Å². The van der Waals surface area contributed by atoms with E-state index in [2.05, 4.69) is 27.4 Å². The Balaban J connectivity index is 2.01. The molecule has 1 aromatic heterocycles. The molecule has 0 aliphatic heterocycles. The molecule has 0 aliphatic carbocycles. The third kappa shape index (κ3) is 3.61. The average Bonchev–Trinajstić information content (AvgIpc) is 2.48.